The van der Waals surface area contributed by atoms with E-state index >= 15 is 0 Å². The van der Waals surface area contributed by atoms with E-state index in [2.05, 4.69) is 20.6 Å². The predicted molar refractivity (Wildman–Crippen MR) is 113 cm³/mol. The SMILES string of the molecule is CCC(NC(=O)C1CCN(c2ccc3nnc(C(F)(F)F)n3n2)CC1)c1ccc(C)cc1. The zero-order valence-electron chi connectivity index (χ0n) is 17.9. The number of aromatic nitrogens is 4. The third-order valence-corrected chi connectivity index (χ3v) is 5.90. The molecular weight excluding hydrogens is 421 g/mol. The van der Waals surface area contributed by atoms with Crippen molar-refractivity contribution in [2.24, 2.45) is 5.92 Å². The zero-order valence-corrected chi connectivity index (χ0v) is 17.9. The predicted octanol–water partition coefficient (Wildman–Crippen LogP) is 3.94. The van der Waals surface area contributed by atoms with Crippen LogP contribution in [0, 0.1) is 12.8 Å². The minimum atomic E-state index is -4.64. The molecule has 32 heavy (non-hydrogen) atoms. The molecule has 1 N–H and O–H groups in total. The number of anilines is 1. The molecule has 1 atom stereocenters. The van der Waals surface area contributed by atoms with Gasteiger partial charge in [-0.2, -0.15) is 17.7 Å². The summed E-state index contributed by atoms with van der Waals surface area (Å²) in [5, 5.41) is 14.0. The van der Waals surface area contributed by atoms with Crippen LogP contribution in [0.3, 0.4) is 0 Å². The van der Waals surface area contributed by atoms with E-state index in [1.807, 2.05) is 43.0 Å². The average molecular weight is 446 g/mol. The third kappa shape index (κ3) is 4.53. The molecular formula is C22H25F3N6O. The number of halogens is 3. The summed E-state index contributed by atoms with van der Waals surface area (Å²) in [4.78, 5) is 14.7. The number of aryl methyl sites for hydroxylation is 1. The fourth-order valence-electron chi connectivity index (χ4n) is 4.00. The smallest absolute Gasteiger partial charge is 0.355 e. The molecule has 0 saturated carbocycles. The molecule has 0 aliphatic carbocycles. The summed E-state index contributed by atoms with van der Waals surface area (Å²) in [6, 6.07) is 11.2. The quantitative estimate of drug-likeness (QED) is 0.643. The number of hydrogen-bond acceptors (Lipinski definition) is 5. The molecule has 1 aliphatic rings. The minimum absolute atomic E-state index is 0.0126. The van der Waals surface area contributed by atoms with Crippen LogP contribution in [0.4, 0.5) is 19.0 Å². The number of benzene rings is 1. The van der Waals surface area contributed by atoms with E-state index < -0.39 is 12.0 Å². The van der Waals surface area contributed by atoms with Gasteiger partial charge in [0.1, 0.15) is 5.82 Å². The molecule has 1 aliphatic heterocycles. The Bertz CT molecular complexity index is 1090. The molecule has 1 unspecified atom stereocenters. The normalized spacial score (nSPS) is 16.3. The van der Waals surface area contributed by atoms with E-state index in [4.69, 9.17) is 0 Å². The van der Waals surface area contributed by atoms with Gasteiger partial charge in [0.2, 0.25) is 5.91 Å². The van der Waals surface area contributed by atoms with E-state index in [0.29, 0.717) is 31.7 Å². The van der Waals surface area contributed by atoms with Crippen molar-refractivity contribution in [1.29, 1.82) is 0 Å². The molecule has 4 rings (SSSR count). The maximum Gasteiger partial charge on any atom is 0.453 e. The summed E-state index contributed by atoms with van der Waals surface area (Å²) in [5.41, 5.74) is 2.29. The number of carbonyl (C=O) groups is 1. The van der Waals surface area contributed by atoms with Gasteiger partial charge in [-0.25, -0.2) is 0 Å². The van der Waals surface area contributed by atoms with Crippen LogP contribution in [-0.4, -0.2) is 38.8 Å². The molecule has 1 amide bonds. The second-order valence-electron chi connectivity index (χ2n) is 8.12. The van der Waals surface area contributed by atoms with Crippen molar-refractivity contribution >= 4 is 17.4 Å². The number of fused-ring (bicyclic) bond motifs is 1. The van der Waals surface area contributed by atoms with Crippen LogP contribution in [0.25, 0.3) is 5.65 Å². The molecule has 1 aromatic carbocycles. The number of hydrogen-bond donors (Lipinski definition) is 1. The van der Waals surface area contributed by atoms with Crippen LogP contribution in [0.1, 0.15) is 49.2 Å². The number of alkyl halides is 3. The second-order valence-corrected chi connectivity index (χ2v) is 8.12. The summed E-state index contributed by atoms with van der Waals surface area (Å²) in [6.45, 7) is 5.12. The Labute approximate surface area is 183 Å². The van der Waals surface area contributed by atoms with E-state index in [9.17, 15) is 18.0 Å². The number of nitrogens with zero attached hydrogens (tertiary/aromatic N) is 5. The summed E-state index contributed by atoms with van der Waals surface area (Å²) in [7, 11) is 0. The largest absolute Gasteiger partial charge is 0.453 e. The van der Waals surface area contributed by atoms with Crippen molar-refractivity contribution in [2.75, 3.05) is 18.0 Å². The molecule has 0 radical (unpaired) electrons. The van der Waals surface area contributed by atoms with Gasteiger partial charge < -0.3 is 10.2 Å². The molecule has 3 heterocycles. The highest BCUT2D eigenvalue weighted by molar-refractivity contribution is 5.79. The van der Waals surface area contributed by atoms with Gasteiger partial charge >= 0.3 is 6.18 Å². The lowest BCUT2D eigenvalue weighted by atomic mass is 9.94. The van der Waals surface area contributed by atoms with Gasteiger partial charge in [0, 0.05) is 19.0 Å². The van der Waals surface area contributed by atoms with Crippen molar-refractivity contribution in [1.82, 2.24) is 25.1 Å². The first-order valence-electron chi connectivity index (χ1n) is 10.7. The molecule has 0 bridgehead atoms. The average Bonchev–Trinajstić information content (AvgIpc) is 3.22. The lowest BCUT2D eigenvalue weighted by Gasteiger charge is -2.32. The Kier molecular flexibility index (Phi) is 6.03. The fourth-order valence-corrected chi connectivity index (χ4v) is 4.00. The number of nitrogens with one attached hydrogen (secondary N) is 1. The highest BCUT2D eigenvalue weighted by Crippen LogP contribution is 2.29. The van der Waals surface area contributed by atoms with Crippen LogP contribution in [0.5, 0.6) is 0 Å². The highest BCUT2D eigenvalue weighted by Gasteiger charge is 2.38. The van der Waals surface area contributed by atoms with Gasteiger partial charge in [-0.05, 0) is 43.9 Å². The maximum absolute atomic E-state index is 13.1. The van der Waals surface area contributed by atoms with Gasteiger partial charge in [0.05, 0.1) is 6.04 Å². The van der Waals surface area contributed by atoms with Crippen molar-refractivity contribution in [3.05, 3.63) is 53.3 Å². The van der Waals surface area contributed by atoms with Crippen molar-refractivity contribution in [3.8, 4) is 0 Å². The van der Waals surface area contributed by atoms with E-state index in [1.165, 1.54) is 11.6 Å². The van der Waals surface area contributed by atoms with Crippen molar-refractivity contribution in [3.63, 3.8) is 0 Å². The van der Waals surface area contributed by atoms with Gasteiger partial charge in [-0.1, -0.05) is 36.8 Å². The van der Waals surface area contributed by atoms with Crippen LogP contribution in [0.2, 0.25) is 0 Å². The minimum Gasteiger partial charge on any atom is -0.355 e. The Morgan fingerprint density at radius 2 is 1.81 bits per heavy atom. The van der Waals surface area contributed by atoms with E-state index in [0.717, 1.165) is 16.5 Å². The molecule has 3 aromatic rings. The summed E-state index contributed by atoms with van der Waals surface area (Å²) in [6.07, 6.45) is -2.64. The van der Waals surface area contributed by atoms with Crippen LogP contribution < -0.4 is 10.2 Å². The topological polar surface area (TPSA) is 75.4 Å². The molecule has 10 heteroatoms. The Morgan fingerprint density at radius 1 is 1.12 bits per heavy atom. The second kappa shape index (κ2) is 8.76. The van der Waals surface area contributed by atoms with Gasteiger partial charge in [-0.15, -0.1) is 15.3 Å². The molecule has 170 valence electrons. The lowest BCUT2D eigenvalue weighted by Crippen LogP contribution is -2.42. The van der Waals surface area contributed by atoms with Crippen molar-refractivity contribution < 1.29 is 18.0 Å². The molecule has 7 nitrogen and oxygen atoms in total. The zero-order chi connectivity index (χ0) is 22.9. The van der Waals surface area contributed by atoms with Crippen LogP contribution in [0.15, 0.2) is 36.4 Å². The molecule has 2 aromatic heterocycles. The maximum atomic E-state index is 13.1. The molecule has 0 spiro atoms. The molecule has 1 saturated heterocycles. The van der Waals surface area contributed by atoms with Crippen LogP contribution in [-0.2, 0) is 11.0 Å². The number of piperidine rings is 1. The van der Waals surface area contributed by atoms with Gasteiger partial charge in [-0.3, -0.25) is 4.79 Å². The Balaban J connectivity index is 1.40. The van der Waals surface area contributed by atoms with Crippen LogP contribution >= 0.6 is 0 Å². The molecule has 1 fully saturated rings. The van der Waals surface area contributed by atoms with Crippen molar-refractivity contribution in [2.45, 2.75) is 45.3 Å². The summed E-state index contributed by atoms with van der Waals surface area (Å²) in [5.74, 6) is -0.869. The third-order valence-electron chi connectivity index (χ3n) is 5.90. The first kappa shape index (κ1) is 22.0. The number of rotatable bonds is 5. The van der Waals surface area contributed by atoms with Gasteiger partial charge in [0.15, 0.2) is 5.65 Å². The number of carbonyl (C=O) groups excluding carboxylic acids is 1. The van der Waals surface area contributed by atoms with E-state index in [-0.39, 0.29) is 23.5 Å². The Morgan fingerprint density at radius 3 is 2.44 bits per heavy atom. The monoisotopic (exact) mass is 446 g/mol. The first-order valence-corrected chi connectivity index (χ1v) is 10.7. The van der Waals surface area contributed by atoms with Gasteiger partial charge in [0.25, 0.3) is 5.82 Å². The Hall–Kier alpha value is -3.17. The standard InChI is InChI=1S/C22H25F3N6O/c1-3-17(15-6-4-14(2)5-7-15)26-20(32)16-10-12-30(13-11-16)19-9-8-18-27-28-21(22(23,24)25)31(18)29-19/h4-9,16-17H,3,10-13H2,1-2H3,(H,26,32). The van der Waals surface area contributed by atoms with E-state index in [1.54, 1.807) is 6.07 Å². The fraction of sp³-hybridized carbons (Fsp3) is 0.455. The lowest BCUT2D eigenvalue weighted by molar-refractivity contribution is -0.146. The summed E-state index contributed by atoms with van der Waals surface area (Å²) >= 11 is 0. The highest BCUT2D eigenvalue weighted by atomic mass is 19.4. The first-order chi connectivity index (χ1) is 15.3. The number of amides is 1. The summed E-state index contributed by atoms with van der Waals surface area (Å²) < 4.78 is 40.1.